The maximum absolute atomic E-state index is 13.7. The first-order chi connectivity index (χ1) is 18.2. The molecule has 0 amide bonds. The number of aromatic nitrogens is 1. The van der Waals surface area contributed by atoms with Crippen molar-refractivity contribution in [2.75, 3.05) is 12.8 Å². The zero-order chi connectivity index (χ0) is 26.7. The minimum absolute atomic E-state index is 0.0251. The summed E-state index contributed by atoms with van der Waals surface area (Å²) in [5.41, 5.74) is 4.96. The Hall–Kier alpha value is -2.24. The lowest BCUT2D eigenvalue weighted by Crippen LogP contribution is -2.57. The van der Waals surface area contributed by atoms with Crippen LogP contribution in [0.25, 0.3) is 10.9 Å². The molecule has 38 heavy (non-hydrogen) atoms. The molecular weight excluding hydrogens is 488 g/mol. The van der Waals surface area contributed by atoms with Gasteiger partial charge < -0.3 is 5.11 Å². The van der Waals surface area contributed by atoms with Crippen LogP contribution in [0.4, 0.5) is 0 Å². The highest BCUT2D eigenvalue weighted by Crippen LogP contribution is 2.67. The van der Waals surface area contributed by atoms with E-state index in [9.17, 15) is 9.90 Å². The van der Waals surface area contributed by atoms with Crippen LogP contribution in [0.1, 0.15) is 59.3 Å². The van der Waals surface area contributed by atoms with Gasteiger partial charge in [-0.05, 0) is 97.3 Å². The van der Waals surface area contributed by atoms with Crippen LogP contribution in [-0.2, 0) is 4.79 Å². The highest BCUT2D eigenvalue weighted by atomic mass is 32.2. The summed E-state index contributed by atoms with van der Waals surface area (Å²) < 4.78 is 0. The SMILES string of the molecule is CN=CC1=C(C)C=C2CCC3C(C(O)CC4(C)C(C(=O)CSc5ccc6ccccc6n5)CCC34)C2(C)C1. The number of hydrogen-bond acceptors (Lipinski definition) is 5. The van der Waals surface area contributed by atoms with Gasteiger partial charge in [0.25, 0.3) is 0 Å². The smallest absolute Gasteiger partial charge is 0.146 e. The van der Waals surface area contributed by atoms with Crippen LogP contribution >= 0.6 is 11.8 Å². The fourth-order valence-electron chi connectivity index (χ4n) is 9.04. The van der Waals surface area contributed by atoms with E-state index in [0.717, 1.165) is 54.5 Å². The molecule has 1 heterocycles. The molecule has 0 radical (unpaired) electrons. The minimum atomic E-state index is -0.378. The van der Waals surface area contributed by atoms with E-state index >= 15 is 0 Å². The first-order valence-corrected chi connectivity index (χ1v) is 15.3. The summed E-state index contributed by atoms with van der Waals surface area (Å²) in [4.78, 5) is 22.8. The molecule has 3 saturated carbocycles. The summed E-state index contributed by atoms with van der Waals surface area (Å²) in [7, 11) is 1.84. The van der Waals surface area contributed by atoms with Crippen molar-refractivity contribution in [1.82, 2.24) is 4.98 Å². The number of fused-ring (bicyclic) bond motifs is 6. The fraction of sp³-hybridized carbons (Fsp3) is 0.545. The number of carbonyl (C=O) groups excluding carboxylic acids is 1. The number of rotatable bonds is 5. The minimum Gasteiger partial charge on any atom is -0.393 e. The van der Waals surface area contributed by atoms with Crippen LogP contribution in [0.15, 0.2) is 69.2 Å². The van der Waals surface area contributed by atoms with Gasteiger partial charge in [-0.1, -0.05) is 61.5 Å². The molecule has 7 unspecified atom stereocenters. The third-order valence-corrected chi connectivity index (χ3v) is 11.7. The van der Waals surface area contributed by atoms with Gasteiger partial charge >= 0.3 is 0 Å². The molecule has 0 aliphatic heterocycles. The Morgan fingerprint density at radius 1 is 1.18 bits per heavy atom. The van der Waals surface area contributed by atoms with Gasteiger partial charge in [-0.25, -0.2) is 4.98 Å². The van der Waals surface area contributed by atoms with Gasteiger partial charge in [0, 0.05) is 24.6 Å². The Labute approximate surface area is 231 Å². The maximum Gasteiger partial charge on any atom is 0.146 e. The largest absolute Gasteiger partial charge is 0.393 e. The third kappa shape index (κ3) is 4.12. The van der Waals surface area contributed by atoms with Crippen molar-refractivity contribution in [3.63, 3.8) is 0 Å². The Balaban J connectivity index is 1.20. The second kappa shape index (κ2) is 9.75. The molecule has 4 aliphatic rings. The van der Waals surface area contributed by atoms with Crippen LogP contribution < -0.4 is 0 Å². The molecule has 1 aromatic heterocycles. The van der Waals surface area contributed by atoms with Crippen molar-refractivity contribution >= 4 is 34.7 Å². The van der Waals surface area contributed by atoms with E-state index in [2.05, 4.69) is 44.0 Å². The zero-order valence-corrected chi connectivity index (χ0v) is 23.9. The molecule has 1 N–H and O–H groups in total. The molecule has 5 heteroatoms. The Kier molecular flexibility index (Phi) is 6.67. The van der Waals surface area contributed by atoms with Crippen molar-refractivity contribution in [3.05, 3.63) is 59.2 Å². The molecular formula is C33H40N2O2S. The van der Waals surface area contributed by atoms with Crippen molar-refractivity contribution in [3.8, 4) is 0 Å². The van der Waals surface area contributed by atoms with E-state index in [1.54, 1.807) is 11.8 Å². The predicted octanol–water partition coefficient (Wildman–Crippen LogP) is 7.07. The highest BCUT2D eigenvalue weighted by molar-refractivity contribution is 7.99. The number of nitrogens with zero attached hydrogens (tertiary/aromatic N) is 2. The average molecular weight is 529 g/mol. The van der Waals surface area contributed by atoms with Gasteiger partial charge in [-0.3, -0.25) is 9.79 Å². The normalized spacial score (nSPS) is 36.7. The number of aliphatic hydroxyl groups excluding tert-OH is 1. The van der Waals surface area contributed by atoms with E-state index in [0.29, 0.717) is 23.4 Å². The van der Waals surface area contributed by atoms with E-state index in [4.69, 9.17) is 4.98 Å². The summed E-state index contributed by atoms with van der Waals surface area (Å²) >= 11 is 1.56. The van der Waals surface area contributed by atoms with Crippen molar-refractivity contribution in [2.24, 2.45) is 39.5 Å². The molecule has 3 fully saturated rings. The lowest BCUT2D eigenvalue weighted by Gasteiger charge is -2.60. The lowest BCUT2D eigenvalue weighted by atomic mass is 9.45. The van der Waals surface area contributed by atoms with E-state index in [1.807, 2.05) is 37.5 Å². The third-order valence-electron chi connectivity index (χ3n) is 10.7. The maximum atomic E-state index is 13.7. The van der Waals surface area contributed by atoms with Crippen LogP contribution in [0, 0.1) is 34.5 Å². The Morgan fingerprint density at radius 3 is 2.82 bits per heavy atom. The van der Waals surface area contributed by atoms with Crippen molar-refractivity contribution in [2.45, 2.75) is 70.4 Å². The fourth-order valence-corrected chi connectivity index (χ4v) is 9.86. The molecule has 7 atom stereocenters. The summed E-state index contributed by atoms with van der Waals surface area (Å²) in [6, 6.07) is 12.2. The van der Waals surface area contributed by atoms with Crippen LogP contribution in [-0.4, -0.2) is 41.0 Å². The lowest BCUT2D eigenvalue weighted by molar-refractivity contribution is -0.140. The van der Waals surface area contributed by atoms with Crippen molar-refractivity contribution < 1.29 is 9.90 Å². The quantitative estimate of drug-likeness (QED) is 0.333. The number of para-hydroxylation sites is 1. The number of hydrogen-bond donors (Lipinski definition) is 1. The van der Waals surface area contributed by atoms with Gasteiger partial charge in [0.15, 0.2) is 0 Å². The molecule has 200 valence electrons. The van der Waals surface area contributed by atoms with Gasteiger partial charge in [0.2, 0.25) is 0 Å². The van der Waals surface area contributed by atoms with Crippen LogP contribution in [0.3, 0.4) is 0 Å². The number of aliphatic imine (C=N–C) groups is 1. The summed E-state index contributed by atoms with van der Waals surface area (Å²) in [6.45, 7) is 6.91. The standard InChI is InChI=1S/C33H40N2O2S/c1-20-15-23-10-11-24-25-12-13-26(29(37)19-38-30-14-9-21-7-5-6-8-27(21)35-30)33(25,3)17-28(36)31(24)32(23,2)16-22(20)18-34-4/h5-9,14-15,18,24-26,28,31,36H,10-13,16-17,19H2,1-4H3. The van der Waals surface area contributed by atoms with Crippen LogP contribution in [0.5, 0.6) is 0 Å². The number of benzene rings is 1. The zero-order valence-electron chi connectivity index (χ0n) is 23.1. The van der Waals surface area contributed by atoms with Gasteiger partial charge in [0.05, 0.1) is 22.4 Å². The molecule has 2 aromatic rings. The predicted molar refractivity (Wildman–Crippen MR) is 157 cm³/mol. The number of pyridine rings is 1. The number of aliphatic hydroxyl groups is 1. The highest BCUT2D eigenvalue weighted by Gasteiger charge is 2.62. The van der Waals surface area contributed by atoms with E-state index in [1.165, 1.54) is 16.7 Å². The Bertz CT molecular complexity index is 1360. The molecule has 0 bridgehead atoms. The first-order valence-electron chi connectivity index (χ1n) is 14.3. The number of Topliss-reactive ketones (excluding diaryl/α,β-unsaturated/α-hetero) is 1. The molecule has 0 saturated heterocycles. The van der Waals surface area contributed by atoms with Gasteiger partial charge in [-0.2, -0.15) is 0 Å². The molecule has 6 rings (SSSR count). The summed E-state index contributed by atoms with van der Waals surface area (Å²) in [6.07, 6.45) is 10.0. The molecule has 0 spiro atoms. The summed E-state index contributed by atoms with van der Waals surface area (Å²) in [5.74, 6) is 2.03. The van der Waals surface area contributed by atoms with Crippen LogP contribution in [0.2, 0.25) is 0 Å². The second-order valence-electron chi connectivity index (χ2n) is 12.7. The van der Waals surface area contributed by atoms with E-state index in [-0.39, 0.29) is 28.8 Å². The number of ketones is 1. The van der Waals surface area contributed by atoms with Crippen molar-refractivity contribution in [1.29, 1.82) is 0 Å². The topological polar surface area (TPSA) is 62.6 Å². The van der Waals surface area contributed by atoms with Gasteiger partial charge in [0.1, 0.15) is 5.78 Å². The molecule has 1 aromatic carbocycles. The summed E-state index contributed by atoms with van der Waals surface area (Å²) in [5, 5.41) is 13.8. The molecule has 4 aliphatic carbocycles. The average Bonchev–Trinajstić information content (AvgIpc) is 3.24. The number of allylic oxidation sites excluding steroid dienone is 4. The number of carbonyl (C=O) groups is 1. The Morgan fingerprint density at radius 2 is 2.00 bits per heavy atom. The van der Waals surface area contributed by atoms with Gasteiger partial charge in [-0.15, -0.1) is 0 Å². The monoisotopic (exact) mass is 528 g/mol. The van der Waals surface area contributed by atoms with E-state index < -0.39 is 0 Å². The molecule has 4 nitrogen and oxygen atoms in total. The second-order valence-corrected chi connectivity index (χ2v) is 13.7. The first kappa shape index (κ1) is 26.0. The number of thioether (sulfide) groups is 1.